The van der Waals surface area contributed by atoms with Crippen molar-refractivity contribution >= 4 is 20.4 Å². The molecule has 304 valence electrons. The zero-order valence-corrected chi connectivity index (χ0v) is 35.2. The maximum atomic E-state index is 13.0. The van der Waals surface area contributed by atoms with Crippen molar-refractivity contribution < 1.29 is 28.3 Å². The van der Waals surface area contributed by atoms with Gasteiger partial charge in [-0.1, -0.05) is 99.5 Å². The standard InChI is InChI=1S/C40H72N4O8Si/c1-10-40(11-2,23-22-35(46)41-24-20-18-16-14-12-13-15-17-19-21-25-42-37(47)29(3)4)52-53(30(5)6,31(7)8)50-28-34-33(45)26-36(51-34)44-27-32(9)38(48)43-39(44)49/h27,30-31,33-34,36,45H,3,10-26,28H2,1-2,4-9H3,(H,41,46)(H,42,47)(H,43,48,49)/t33-,34-,36-/m1/s1. The maximum absolute atomic E-state index is 13.0. The number of nitrogens with one attached hydrogen (secondary N) is 3. The van der Waals surface area contributed by atoms with Crippen molar-refractivity contribution in [1.29, 1.82) is 0 Å². The number of hydrogen-bond donors (Lipinski definition) is 4. The van der Waals surface area contributed by atoms with Crippen molar-refractivity contribution in [2.45, 2.75) is 187 Å². The fraction of sp³-hybridized carbons (Fsp3) is 0.800. The zero-order valence-electron chi connectivity index (χ0n) is 34.2. The molecule has 12 nitrogen and oxygen atoms in total. The number of carbonyl (C=O) groups is 2. The Bertz CT molecular complexity index is 1380. The van der Waals surface area contributed by atoms with Crippen LogP contribution in [-0.4, -0.2) is 72.5 Å². The van der Waals surface area contributed by atoms with E-state index >= 15 is 0 Å². The molecular formula is C40H72N4O8Si. The summed E-state index contributed by atoms with van der Waals surface area (Å²) in [5, 5.41) is 16.9. The Kier molecular flexibility index (Phi) is 20.5. The first-order valence-corrected chi connectivity index (χ1v) is 22.3. The summed E-state index contributed by atoms with van der Waals surface area (Å²) in [4.78, 5) is 51.1. The van der Waals surface area contributed by atoms with E-state index in [2.05, 4.69) is 63.7 Å². The lowest BCUT2D eigenvalue weighted by atomic mass is 9.92. The molecule has 1 aromatic rings. The number of rotatable bonds is 27. The van der Waals surface area contributed by atoms with Crippen LogP contribution in [-0.2, 0) is 23.2 Å². The number of aliphatic hydroxyl groups is 1. The van der Waals surface area contributed by atoms with E-state index in [4.69, 9.17) is 13.6 Å². The number of aromatic nitrogens is 2. The molecule has 0 bridgehead atoms. The summed E-state index contributed by atoms with van der Waals surface area (Å²) in [6.07, 6.45) is 13.4. The summed E-state index contributed by atoms with van der Waals surface area (Å²) >= 11 is 0. The van der Waals surface area contributed by atoms with E-state index in [1.165, 1.54) is 49.3 Å². The van der Waals surface area contributed by atoms with Crippen molar-refractivity contribution in [3.63, 3.8) is 0 Å². The lowest BCUT2D eigenvalue weighted by Crippen LogP contribution is -2.56. The Morgan fingerprint density at radius 2 is 1.51 bits per heavy atom. The second-order valence-corrected chi connectivity index (χ2v) is 19.9. The van der Waals surface area contributed by atoms with Gasteiger partial charge in [-0.05, 0) is 57.0 Å². The Hall–Kier alpha value is -2.58. The third kappa shape index (κ3) is 14.9. The van der Waals surface area contributed by atoms with E-state index in [-0.39, 0.29) is 35.9 Å². The van der Waals surface area contributed by atoms with Gasteiger partial charge >= 0.3 is 14.3 Å². The predicted octanol–water partition coefficient (Wildman–Crippen LogP) is 6.84. The first-order valence-electron chi connectivity index (χ1n) is 20.3. The Morgan fingerprint density at radius 3 is 2.02 bits per heavy atom. The average molecular weight is 765 g/mol. The van der Waals surface area contributed by atoms with Crippen molar-refractivity contribution in [2.24, 2.45) is 0 Å². The molecule has 1 aliphatic heterocycles. The Morgan fingerprint density at radius 1 is 0.981 bits per heavy atom. The second kappa shape index (κ2) is 23.4. The molecule has 13 heteroatoms. The molecule has 2 rings (SSSR count). The van der Waals surface area contributed by atoms with E-state index in [0.29, 0.717) is 30.5 Å². The number of ether oxygens (including phenoxy) is 1. The van der Waals surface area contributed by atoms with Gasteiger partial charge in [0.25, 0.3) is 5.56 Å². The van der Waals surface area contributed by atoms with Crippen molar-refractivity contribution in [3.8, 4) is 0 Å². The summed E-state index contributed by atoms with van der Waals surface area (Å²) in [6.45, 7) is 21.2. The van der Waals surface area contributed by atoms with Gasteiger partial charge in [0.2, 0.25) is 11.8 Å². The van der Waals surface area contributed by atoms with Crippen molar-refractivity contribution in [2.75, 3.05) is 19.7 Å². The number of amides is 2. The van der Waals surface area contributed by atoms with Crippen LogP contribution in [0, 0.1) is 6.92 Å². The highest BCUT2D eigenvalue weighted by Crippen LogP contribution is 2.42. The number of carbonyl (C=O) groups excluding carboxylic acids is 2. The molecule has 4 N–H and O–H groups in total. The minimum Gasteiger partial charge on any atom is -0.391 e. The largest absolute Gasteiger partial charge is 0.391 e. The number of aryl methyl sites for hydroxylation is 1. The summed E-state index contributed by atoms with van der Waals surface area (Å²) < 4.78 is 21.4. The number of unbranched alkanes of at least 4 members (excludes halogenated alkanes) is 9. The molecule has 2 amide bonds. The van der Waals surface area contributed by atoms with Crippen LogP contribution < -0.4 is 21.9 Å². The van der Waals surface area contributed by atoms with Crippen LogP contribution in [0.2, 0.25) is 11.1 Å². The Labute approximate surface area is 319 Å². The fourth-order valence-electron chi connectivity index (χ4n) is 7.13. The van der Waals surface area contributed by atoms with Crippen LogP contribution in [0.3, 0.4) is 0 Å². The van der Waals surface area contributed by atoms with E-state index in [1.807, 2.05) is 0 Å². The van der Waals surface area contributed by atoms with Crippen LogP contribution in [0.4, 0.5) is 0 Å². The zero-order chi connectivity index (χ0) is 39.6. The highest BCUT2D eigenvalue weighted by atomic mass is 28.4. The monoisotopic (exact) mass is 765 g/mol. The van der Waals surface area contributed by atoms with E-state index in [0.717, 1.165) is 45.1 Å². The average Bonchev–Trinajstić information content (AvgIpc) is 3.49. The second-order valence-electron chi connectivity index (χ2n) is 15.7. The fourth-order valence-corrected chi connectivity index (χ4v) is 11.1. The van der Waals surface area contributed by atoms with Gasteiger partial charge in [-0.3, -0.25) is 23.9 Å². The first kappa shape index (κ1) is 46.6. The molecule has 0 saturated carbocycles. The molecular weight excluding hydrogens is 693 g/mol. The van der Waals surface area contributed by atoms with Gasteiger partial charge < -0.3 is 29.3 Å². The third-order valence-electron chi connectivity index (χ3n) is 10.8. The molecule has 1 aliphatic rings. The van der Waals surface area contributed by atoms with Gasteiger partial charge in [0, 0.05) is 43.3 Å². The van der Waals surface area contributed by atoms with E-state index in [1.54, 1.807) is 13.8 Å². The molecule has 3 atom stereocenters. The minimum atomic E-state index is -2.95. The van der Waals surface area contributed by atoms with Gasteiger partial charge in [-0.15, -0.1) is 0 Å². The molecule has 0 spiro atoms. The van der Waals surface area contributed by atoms with Crippen LogP contribution in [0.25, 0.3) is 0 Å². The molecule has 1 saturated heterocycles. The lowest BCUT2D eigenvalue weighted by Gasteiger charge is -2.46. The van der Waals surface area contributed by atoms with Gasteiger partial charge in [0.15, 0.2) is 0 Å². The topological polar surface area (TPSA) is 161 Å². The van der Waals surface area contributed by atoms with E-state index < -0.39 is 43.8 Å². The third-order valence-corrected chi connectivity index (χ3v) is 15.4. The number of aromatic amines is 1. The molecule has 53 heavy (non-hydrogen) atoms. The predicted molar refractivity (Wildman–Crippen MR) is 213 cm³/mol. The number of nitrogens with zero attached hydrogens (tertiary/aromatic N) is 1. The van der Waals surface area contributed by atoms with Crippen LogP contribution >= 0.6 is 0 Å². The highest BCUT2D eigenvalue weighted by molar-refractivity contribution is 6.70. The Balaban J connectivity index is 1.79. The summed E-state index contributed by atoms with van der Waals surface area (Å²) in [5.41, 5.74) is -0.445. The summed E-state index contributed by atoms with van der Waals surface area (Å²) in [7, 11) is -2.95. The molecule has 0 aromatic carbocycles. The maximum Gasteiger partial charge on any atom is 0.343 e. The quantitative estimate of drug-likeness (QED) is 0.0431. The van der Waals surface area contributed by atoms with Crippen LogP contribution in [0.5, 0.6) is 0 Å². The van der Waals surface area contributed by atoms with Crippen LogP contribution in [0.1, 0.15) is 157 Å². The minimum absolute atomic E-state index is 0.0441. The lowest BCUT2D eigenvalue weighted by molar-refractivity contribution is -0.122. The normalized spacial score (nSPS) is 17.8. The summed E-state index contributed by atoms with van der Waals surface area (Å²) in [5.74, 6) is -0.0110. The SMILES string of the molecule is C=C(C)C(=O)NCCCCCCCCCCCCNC(=O)CCC(CC)(CC)O[Si](OC[C@H]1O[C@@H](n2cc(C)c(=O)[nH]c2=O)C[C@H]1O)(C(C)C)C(C)C. The number of hydrogen-bond acceptors (Lipinski definition) is 8. The van der Waals surface area contributed by atoms with Gasteiger partial charge in [-0.25, -0.2) is 4.79 Å². The summed E-state index contributed by atoms with van der Waals surface area (Å²) in [6, 6.07) is 0. The molecule has 0 unspecified atom stereocenters. The molecule has 1 fully saturated rings. The molecule has 0 aliphatic carbocycles. The molecule has 0 radical (unpaired) electrons. The van der Waals surface area contributed by atoms with Gasteiger partial charge in [0.1, 0.15) is 12.3 Å². The van der Waals surface area contributed by atoms with E-state index in [9.17, 15) is 24.3 Å². The molecule has 1 aromatic heterocycles. The van der Waals surface area contributed by atoms with Crippen LogP contribution in [0.15, 0.2) is 27.9 Å². The van der Waals surface area contributed by atoms with Crippen molar-refractivity contribution in [3.05, 3.63) is 44.8 Å². The number of aliphatic hydroxyl groups excluding tert-OH is 1. The van der Waals surface area contributed by atoms with Crippen molar-refractivity contribution in [1.82, 2.24) is 20.2 Å². The smallest absolute Gasteiger partial charge is 0.343 e. The first-order chi connectivity index (χ1) is 25.1. The number of H-pyrrole nitrogens is 1. The van der Waals surface area contributed by atoms with Gasteiger partial charge in [0.05, 0.1) is 18.3 Å². The van der Waals surface area contributed by atoms with Gasteiger partial charge in [-0.2, -0.15) is 0 Å². The molecule has 2 heterocycles. The highest BCUT2D eigenvalue weighted by Gasteiger charge is 2.51.